The summed E-state index contributed by atoms with van der Waals surface area (Å²) in [7, 11) is 0. The number of fused-ring (bicyclic) bond motifs is 1. The maximum absolute atomic E-state index is 2.55. The summed E-state index contributed by atoms with van der Waals surface area (Å²) >= 11 is 0. The van der Waals surface area contributed by atoms with Crippen molar-refractivity contribution < 1.29 is 0 Å². The molecule has 1 fully saturated rings. The van der Waals surface area contributed by atoms with E-state index in [2.05, 4.69) is 58.0 Å². The van der Waals surface area contributed by atoms with Crippen LogP contribution in [0.5, 0.6) is 0 Å². The van der Waals surface area contributed by atoms with Crippen LogP contribution >= 0.6 is 0 Å². The first-order chi connectivity index (χ1) is 14.1. The minimum Gasteiger partial charge on any atom is -0.0622 e. The number of benzene rings is 2. The van der Waals surface area contributed by atoms with Gasteiger partial charge in [-0.25, -0.2) is 0 Å². The lowest BCUT2D eigenvalue weighted by molar-refractivity contribution is 0.323. The Bertz CT molecular complexity index is 818. The van der Waals surface area contributed by atoms with Gasteiger partial charge in [0.25, 0.3) is 0 Å². The van der Waals surface area contributed by atoms with E-state index in [1.165, 1.54) is 64.2 Å². The fourth-order valence-corrected chi connectivity index (χ4v) is 6.39. The molecule has 0 amide bonds. The van der Waals surface area contributed by atoms with Crippen LogP contribution in [0.3, 0.4) is 0 Å². The zero-order valence-electron chi connectivity index (χ0n) is 19.2. The smallest absolute Gasteiger partial charge is 0.0245 e. The van der Waals surface area contributed by atoms with E-state index in [1.54, 1.807) is 38.9 Å². The van der Waals surface area contributed by atoms with Crippen LogP contribution in [0.25, 0.3) is 0 Å². The van der Waals surface area contributed by atoms with E-state index < -0.39 is 0 Å². The summed E-state index contributed by atoms with van der Waals surface area (Å²) in [4.78, 5) is 0. The molecule has 0 radical (unpaired) electrons. The third-order valence-electron chi connectivity index (χ3n) is 8.07. The predicted octanol–water partition coefficient (Wildman–Crippen LogP) is 7.31. The first-order valence-electron chi connectivity index (χ1n) is 12.4. The summed E-state index contributed by atoms with van der Waals surface area (Å²) in [6.07, 6.45) is 12.9. The summed E-state index contributed by atoms with van der Waals surface area (Å²) in [6.45, 7) is 9.48. The second-order valence-electron chi connectivity index (χ2n) is 9.80. The number of rotatable bonds is 7. The Kier molecular flexibility index (Phi) is 6.47. The third kappa shape index (κ3) is 4.32. The lowest BCUT2D eigenvalue weighted by Gasteiger charge is -2.25. The van der Waals surface area contributed by atoms with Crippen molar-refractivity contribution in [1.29, 1.82) is 0 Å². The monoisotopic (exact) mass is 388 g/mol. The molecule has 0 heterocycles. The molecular weight excluding hydrogens is 348 g/mol. The SMILES string of the molecule is CCc1cc(C[C@H]2[C@@H](Cc3ccc4c(c3)CCC4)CC[C@@H]2C)cc(CC)c1CC. The van der Waals surface area contributed by atoms with E-state index in [-0.39, 0.29) is 0 Å². The Morgan fingerprint density at radius 1 is 0.759 bits per heavy atom. The van der Waals surface area contributed by atoms with Gasteiger partial charge in [-0.2, -0.15) is 0 Å². The second-order valence-corrected chi connectivity index (χ2v) is 9.80. The lowest BCUT2D eigenvalue weighted by Crippen LogP contribution is -2.19. The van der Waals surface area contributed by atoms with E-state index in [0.717, 1.165) is 17.8 Å². The topological polar surface area (TPSA) is 0 Å². The van der Waals surface area contributed by atoms with E-state index >= 15 is 0 Å². The zero-order chi connectivity index (χ0) is 20.4. The van der Waals surface area contributed by atoms with Crippen LogP contribution in [-0.4, -0.2) is 0 Å². The van der Waals surface area contributed by atoms with Crippen molar-refractivity contribution in [3.63, 3.8) is 0 Å². The van der Waals surface area contributed by atoms with E-state index in [9.17, 15) is 0 Å². The molecule has 29 heavy (non-hydrogen) atoms. The molecule has 0 bridgehead atoms. The predicted molar refractivity (Wildman–Crippen MR) is 126 cm³/mol. The van der Waals surface area contributed by atoms with E-state index in [1.807, 2.05) is 0 Å². The highest BCUT2D eigenvalue weighted by Crippen LogP contribution is 2.41. The van der Waals surface area contributed by atoms with Crippen LogP contribution in [0.1, 0.15) is 85.9 Å². The maximum Gasteiger partial charge on any atom is -0.0245 e. The van der Waals surface area contributed by atoms with Gasteiger partial charge < -0.3 is 0 Å². The zero-order valence-corrected chi connectivity index (χ0v) is 19.2. The molecule has 3 atom stereocenters. The summed E-state index contributed by atoms with van der Waals surface area (Å²) in [5.74, 6) is 2.55. The fourth-order valence-electron chi connectivity index (χ4n) is 6.39. The first-order valence-corrected chi connectivity index (χ1v) is 12.4. The molecule has 156 valence electrons. The molecule has 2 aromatic carbocycles. The van der Waals surface area contributed by atoms with Gasteiger partial charge in [-0.05, 0) is 114 Å². The molecule has 2 aliphatic rings. The Labute approximate surface area is 179 Å². The summed E-state index contributed by atoms with van der Waals surface area (Å²) in [5.41, 5.74) is 11.3. The summed E-state index contributed by atoms with van der Waals surface area (Å²) in [6, 6.07) is 12.5. The number of aryl methyl sites for hydroxylation is 4. The highest BCUT2D eigenvalue weighted by Gasteiger charge is 2.33. The average Bonchev–Trinajstić information content (AvgIpc) is 3.34. The summed E-state index contributed by atoms with van der Waals surface area (Å²) in [5, 5.41) is 0. The van der Waals surface area contributed by atoms with Crippen LogP contribution in [0.4, 0.5) is 0 Å². The number of hydrogen-bond donors (Lipinski definition) is 0. The standard InChI is InChI=1S/C29H40/c1-5-23-17-22(18-24(6-2)28(23)7-3)19-29-20(4)11-13-27(29)16-21-12-14-25-9-8-10-26(25)15-21/h12,14-15,17-18,20,27,29H,5-11,13,16,19H2,1-4H3/t20-,27+,29+/m0/s1. The van der Waals surface area contributed by atoms with Crippen molar-refractivity contribution in [3.05, 3.63) is 69.3 Å². The summed E-state index contributed by atoms with van der Waals surface area (Å²) < 4.78 is 0. The van der Waals surface area contributed by atoms with Gasteiger partial charge in [0, 0.05) is 0 Å². The van der Waals surface area contributed by atoms with Crippen LogP contribution < -0.4 is 0 Å². The van der Waals surface area contributed by atoms with E-state index in [4.69, 9.17) is 0 Å². The Morgan fingerprint density at radius 3 is 2.17 bits per heavy atom. The first kappa shape index (κ1) is 20.7. The van der Waals surface area contributed by atoms with Crippen LogP contribution in [0, 0.1) is 17.8 Å². The average molecular weight is 389 g/mol. The van der Waals surface area contributed by atoms with Gasteiger partial charge in [0.1, 0.15) is 0 Å². The molecule has 0 heteroatoms. The molecule has 0 saturated heterocycles. The van der Waals surface area contributed by atoms with Gasteiger partial charge in [-0.1, -0.05) is 64.4 Å². The molecule has 0 aromatic heterocycles. The molecule has 2 aliphatic carbocycles. The Balaban J connectivity index is 1.53. The molecule has 1 saturated carbocycles. The quantitative estimate of drug-likeness (QED) is 0.466. The molecule has 4 rings (SSSR count). The maximum atomic E-state index is 2.55. The van der Waals surface area contributed by atoms with Gasteiger partial charge in [-0.15, -0.1) is 0 Å². The molecule has 0 nitrogen and oxygen atoms in total. The van der Waals surface area contributed by atoms with Gasteiger partial charge in [-0.3, -0.25) is 0 Å². The van der Waals surface area contributed by atoms with Crippen LogP contribution in [0.15, 0.2) is 30.3 Å². The van der Waals surface area contributed by atoms with Gasteiger partial charge in [0.05, 0.1) is 0 Å². The molecular formula is C29H40. The minimum absolute atomic E-state index is 0.838. The van der Waals surface area contributed by atoms with E-state index in [0.29, 0.717) is 0 Å². The highest BCUT2D eigenvalue weighted by molar-refractivity contribution is 5.40. The second kappa shape index (κ2) is 9.07. The minimum atomic E-state index is 0.838. The van der Waals surface area contributed by atoms with Crippen LogP contribution in [0.2, 0.25) is 0 Å². The van der Waals surface area contributed by atoms with Crippen LogP contribution in [-0.2, 0) is 44.9 Å². The molecule has 0 aliphatic heterocycles. The molecule has 0 spiro atoms. The van der Waals surface area contributed by atoms with Gasteiger partial charge in [0.15, 0.2) is 0 Å². The Morgan fingerprint density at radius 2 is 1.48 bits per heavy atom. The lowest BCUT2D eigenvalue weighted by atomic mass is 9.80. The highest BCUT2D eigenvalue weighted by atomic mass is 14.4. The van der Waals surface area contributed by atoms with Gasteiger partial charge >= 0.3 is 0 Å². The third-order valence-corrected chi connectivity index (χ3v) is 8.07. The molecule has 0 unspecified atom stereocenters. The van der Waals surface area contributed by atoms with Crippen molar-refractivity contribution in [2.45, 2.75) is 91.9 Å². The fraction of sp³-hybridized carbons (Fsp3) is 0.586. The largest absolute Gasteiger partial charge is 0.0622 e. The molecule has 2 aromatic rings. The van der Waals surface area contributed by atoms with Crippen molar-refractivity contribution in [2.24, 2.45) is 17.8 Å². The van der Waals surface area contributed by atoms with Gasteiger partial charge in [0.2, 0.25) is 0 Å². The number of hydrogen-bond acceptors (Lipinski definition) is 0. The van der Waals surface area contributed by atoms with Crippen molar-refractivity contribution in [3.8, 4) is 0 Å². The van der Waals surface area contributed by atoms with Crippen molar-refractivity contribution >= 4 is 0 Å². The normalized spacial score (nSPS) is 23.5. The Hall–Kier alpha value is -1.56. The van der Waals surface area contributed by atoms with Crippen molar-refractivity contribution in [2.75, 3.05) is 0 Å². The van der Waals surface area contributed by atoms with Crippen molar-refractivity contribution in [1.82, 2.24) is 0 Å². The molecule has 0 N–H and O–H groups in total.